The van der Waals surface area contributed by atoms with Crippen molar-refractivity contribution in [1.29, 1.82) is 0 Å². The first-order chi connectivity index (χ1) is 19.3. The van der Waals surface area contributed by atoms with E-state index in [4.69, 9.17) is 16.2 Å². The predicted molar refractivity (Wildman–Crippen MR) is 158 cm³/mol. The zero-order valence-corrected chi connectivity index (χ0v) is 23.5. The molecule has 1 atom stereocenters. The number of aryl methyl sites for hydroxylation is 1. The van der Waals surface area contributed by atoms with E-state index < -0.39 is 6.17 Å². The van der Waals surface area contributed by atoms with Crippen molar-refractivity contribution >= 4 is 22.6 Å². The minimum absolute atomic E-state index is 0.0907. The highest BCUT2D eigenvalue weighted by Crippen LogP contribution is 2.28. The predicted octanol–water partition coefficient (Wildman–Crippen LogP) is 5.12. The Morgan fingerprint density at radius 1 is 1.07 bits per heavy atom. The molecule has 0 fully saturated rings. The quantitative estimate of drug-likeness (QED) is 0.110. The molecule has 4 rings (SSSR count). The Morgan fingerprint density at radius 3 is 2.65 bits per heavy atom. The topological polar surface area (TPSA) is 152 Å². The zero-order valence-electron chi connectivity index (χ0n) is 23.5. The first-order valence-corrected chi connectivity index (χ1v) is 13.9. The number of amides is 1. The molecular weight excluding hydrogens is 504 g/mol. The Kier molecular flexibility index (Phi) is 9.74. The highest BCUT2D eigenvalue weighted by atomic mass is 16.5. The van der Waals surface area contributed by atoms with Gasteiger partial charge in [0.25, 0.3) is 0 Å². The summed E-state index contributed by atoms with van der Waals surface area (Å²) in [6.07, 6.45) is 5.91. The van der Waals surface area contributed by atoms with Crippen molar-refractivity contribution in [3.63, 3.8) is 0 Å². The second kappa shape index (κ2) is 13.4. The number of aromatic amines is 2. The molecule has 7 N–H and O–H groups in total. The average Bonchev–Trinajstić information content (AvgIpc) is 3.56. The van der Waals surface area contributed by atoms with E-state index in [-0.39, 0.29) is 24.2 Å². The maximum atomic E-state index is 13.4. The van der Waals surface area contributed by atoms with Crippen LogP contribution < -0.4 is 21.5 Å². The fraction of sp³-hybridized carbons (Fsp3) is 0.387. The molecule has 0 aliphatic carbocycles. The molecule has 0 aliphatic rings. The number of Topliss-reactive ketones (excluding diaryl/α,β-unsaturated/α-hetero) is 1. The van der Waals surface area contributed by atoms with Gasteiger partial charge in [0.15, 0.2) is 0 Å². The number of ketones is 1. The van der Waals surface area contributed by atoms with Gasteiger partial charge in [-0.05, 0) is 60.7 Å². The van der Waals surface area contributed by atoms with E-state index in [1.807, 2.05) is 56.3 Å². The van der Waals surface area contributed by atoms with Crippen LogP contribution in [0.1, 0.15) is 80.3 Å². The highest BCUT2D eigenvalue weighted by molar-refractivity contribution is 5.91. The van der Waals surface area contributed by atoms with Crippen molar-refractivity contribution in [2.24, 2.45) is 11.5 Å². The fourth-order valence-corrected chi connectivity index (χ4v) is 5.00. The molecule has 0 bridgehead atoms. The van der Waals surface area contributed by atoms with Crippen LogP contribution in [0.4, 0.5) is 0 Å². The smallest absolute Gasteiger partial charge is 0.225 e. The molecular formula is C31H40N6O3. The molecule has 0 spiro atoms. The highest BCUT2D eigenvalue weighted by Gasteiger charge is 2.21. The van der Waals surface area contributed by atoms with Crippen LogP contribution in [0.3, 0.4) is 0 Å². The van der Waals surface area contributed by atoms with Gasteiger partial charge >= 0.3 is 0 Å². The van der Waals surface area contributed by atoms with Gasteiger partial charge in [0.2, 0.25) is 5.91 Å². The number of carbonyl (C=O) groups excluding carboxylic acids is 2. The van der Waals surface area contributed by atoms with E-state index in [2.05, 4.69) is 20.3 Å². The van der Waals surface area contributed by atoms with Crippen LogP contribution in [0.2, 0.25) is 0 Å². The molecule has 9 nitrogen and oxygen atoms in total. The number of hydrogen-bond donors (Lipinski definition) is 5. The second-order valence-electron chi connectivity index (χ2n) is 10.3. The molecule has 0 aliphatic heterocycles. The van der Waals surface area contributed by atoms with Crippen molar-refractivity contribution in [2.75, 3.05) is 7.11 Å². The Morgan fingerprint density at radius 2 is 1.90 bits per heavy atom. The third-order valence-corrected chi connectivity index (χ3v) is 7.35. The SMILES string of the molecule is CCC(=O)CCCCC[C@H](NC(=O)Cc1c(C)[nH]c2ccc(OC)cc12)c1ncc(-c2cccc(C(N)N)c2)[nH]1. The molecule has 2 heterocycles. The molecule has 0 unspecified atom stereocenters. The molecule has 0 radical (unpaired) electrons. The fourth-order valence-electron chi connectivity index (χ4n) is 5.00. The second-order valence-corrected chi connectivity index (χ2v) is 10.3. The molecule has 0 saturated carbocycles. The number of nitrogens with zero attached hydrogens (tertiary/aromatic N) is 1. The molecule has 0 saturated heterocycles. The number of ether oxygens (including phenoxy) is 1. The Hall–Kier alpha value is -3.95. The van der Waals surface area contributed by atoms with Crippen molar-refractivity contribution in [3.05, 3.63) is 71.3 Å². The van der Waals surface area contributed by atoms with Gasteiger partial charge in [-0.25, -0.2) is 4.98 Å². The van der Waals surface area contributed by atoms with Gasteiger partial charge in [0, 0.05) is 29.4 Å². The van der Waals surface area contributed by atoms with Crippen LogP contribution in [-0.2, 0) is 16.0 Å². The van der Waals surface area contributed by atoms with Crippen molar-refractivity contribution < 1.29 is 14.3 Å². The Balaban J connectivity index is 1.52. The average molecular weight is 545 g/mol. The number of aromatic nitrogens is 3. The molecule has 212 valence electrons. The molecule has 4 aromatic rings. The summed E-state index contributed by atoms with van der Waals surface area (Å²) in [4.78, 5) is 36.5. The number of nitrogens with one attached hydrogen (secondary N) is 3. The summed E-state index contributed by atoms with van der Waals surface area (Å²) in [5.41, 5.74) is 17.2. The summed E-state index contributed by atoms with van der Waals surface area (Å²) in [6.45, 7) is 3.87. The summed E-state index contributed by atoms with van der Waals surface area (Å²) in [5, 5.41) is 4.19. The van der Waals surface area contributed by atoms with E-state index in [1.165, 1.54) is 0 Å². The lowest BCUT2D eigenvalue weighted by Gasteiger charge is -2.17. The van der Waals surface area contributed by atoms with Crippen LogP contribution in [0, 0.1) is 6.92 Å². The van der Waals surface area contributed by atoms with Gasteiger partial charge in [0.05, 0.1) is 37.6 Å². The van der Waals surface area contributed by atoms with Gasteiger partial charge in [-0.2, -0.15) is 0 Å². The van der Waals surface area contributed by atoms with E-state index in [0.717, 1.165) is 64.0 Å². The first-order valence-electron chi connectivity index (χ1n) is 13.9. The Labute approximate surface area is 235 Å². The number of benzene rings is 2. The molecule has 2 aromatic heterocycles. The lowest BCUT2D eigenvalue weighted by atomic mass is 10.0. The van der Waals surface area contributed by atoms with Crippen molar-refractivity contribution in [2.45, 2.75) is 71.0 Å². The number of rotatable bonds is 14. The minimum Gasteiger partial charge on any atom is -0.497 e. The minimum atomic E-state index is -0.568. The van der Waals surface area contributed by atoms with Crippen molar-refractivity contribution in [3.8, 4) is 17.0 Å². The third kappa shape index (κ3) is 7.16. The maximum Gasteiger partial charge on any atom is 0.225 e. The van der Waals surface area contributed by atoms with E-state index in [9.17, 15) is 9.59 Å². The van der Waals surface area contributed by atoms with Crippen LogP contribution in [0.25, 0.3) is 22.2 Å². The monoisotopic (exact) mass is 544 g/mol. The van der Waals surface area contributed by atoms with Crippen LogP contribution in [-0.4, -0.2) is 33.8 Å². The molecule has 9 heteroatoms. The van der Waals surface area contributed by atoms with Crippen LogP contribution in [0.5, 0.6) is 5.75 Å². The zero-order chi connectivity index (χ0) is 28.6. The number of imidazole rings is 1. The van der Waals surface area contributed by atoms with Crippen LogP contribution >= 0.6 is 0 Å². The summed E-state index contributed by atoms with van der Waals surface area (Å²) >= 11 is 0. The Bertz CT molecular complexity index is 1450. The number of methoxy groups -OCH3 is 1. The van der Waals surface area contributed by atoms with Crippen LogP contribution in [0.15, 0.2) is 48.7 Å². The molecule has 2 aromatic carbocycles. The lowest BCUT2D eigenvalue weighted by molar-refractivity contribution is -0.121. The standard InChI is InChI=1S/C31H40N6O3/c1-4-22(38)11-6-5-7-12-27(31-34-18-28(37-31)20-9-8-10-21(15-20)30(32)33)36-29(39)17-24-19(2)35-26-14-13-23(40-3)16-25(24)26/h8-10,13-16,18,27,30,35H,4-7,11-12,17,32-33H2,1-3H3,(H,34,37)(H,36,39)/t27-/m0/s1. The van der Waals surface area contributed by atoms with Gasteiger partial charge in [-0.3, -0.25) is 9.59 Å². The van der Waals surface area contributed by atoms with E-state index in [0.29, 0.717) is 25.1 Å². The molecule has 1 amide bonds. The van der Waals surface area contributed by atoms with Gasteiger partial charge in [-0.15, -0.1) is 0 Å². The number of nitrogens with two attached hydrogens (primary N) is 2. The summed E-state index contributed by atoms with van der Waals surface area (Å²) in [6, 6.07) is 13.2. The number of hydrogen-bond acceptors (Lipinski definition) is 6. The number of H-pyrrole nitrogens is 2. The number of fused-ring (bicyclic) bond motifs is 1. The summed E-state index contributed by atoms with van der Waals surface area (Å²) in [5.74, 6) is 1.63. The largest absolute Gasteiger partial charge is 0.497 e. The summed E-state index contributed by atoms with van der Waals surface area (Å²) < 4.78 is 5.40. The van der Waals surface area contributed by atoms with Gasteiger partial charge < -0.3 is 31.5 Å². The van der Waals surface area contributed by atoms with E-state index in [1.54, 1.807) is 13.3 Å². The van der Waals surface area contributed by atoms with Gasteiger partial charge in [-0.1, -0.05) is 38.0 Å². The molecule has 40 heavy (non-hydrogen) atoms. The van der Waals surface area contributed by atoms with Crippen molar-refractivity contribution in [1.82, 2.24) is 20.3 Å². The third-order valence-electron chi connectivity index (χ3n) is 7.35. The maximum absolute atomic E-state index is 13.4. The first kappa shape index (κ1) is 29.0. The normalized spacial score (nSPS) is 12.2. The lowest BCUT2D eigenvalue weighted by Crippen LogP contribution is -2.30. The van der Waals surface area contributed by atoms with E-state index >= 15 is 0 Å². The number of carbonyl (C=O) groups is 2. The summed E-state index contributed by atoms with van der Waals surface area (Å²) in [7, 11) is 1.63. The van der Waals surface area contributed by atoms with Gasteiger partial charge in [0.1, 0.15) is 17.4 Å². The number of unbranched alkanes of at least 4 members (excludes halogenated alkanes) is 2.